The van der Waals surface area contributed by atoms with Crippen LogP contribution in [0, 0.1) is 11.2 Å². The Morgan fingerprint density at radius 1 is 1.33 bits per heavy atom. The zero-order chi connectivity index (χ0) is 13.3. The van der Waals surface area contributed by atoms with Crippen molar-refractivity contribution in [2.45, 2.75) is 25.3 Å². The first-order valence-corrected chi connectivity index (χ1v) is 6.13. The van der Waals surface area contributed by atoms with Crippen molar-refractivity contribution in [3.05, 3.63) is 35.6 Å². The molecule has 18 heavy (non-hydrogen) atoms. The lowest BCUT2D eigenvalue weighted by Crippen LogP contribution is -2.48. The number of hydrogen-bond donors (Lipinski definition) is 1. The molecule has 1 atom stereocenters. The third-order valence-corrected chi connectivity index (χ3v) is 3.90. The zero-order valence-electron chi connectivity index (χ0n) is 10.7. The molecule has 0 radical (unpaired) electrons. The van der Waals surface area contributed by atoms with Crippen LogP contribution in [0.5, 0.6) is 0 Å². The van der Waals surface area contributed by atoms with Crippen LogP contribution in [-0.4, -0.2) is 30.1 Å². The van der Waals surface area contributed by atoms with Crippen molar-refractivity contribution >= 4 is 5.97 Å². The third-order valence-electron chi connectivity index (χ3n) is 3.90. The van der Waals surface area contributed by atoms with E-state index in [1.54, 1.807) is 12.1 Å². The molecule has 4 heteroatoms. The van der Waals surface area contributed by atoms with Crippen LogP contribution in [0.1, 0.15) is 30.9 Å². The number of rotatable bonds is 4. The maximum atomic E-state index is 13.0. The lowest BCUT2D eigenvalue weighted by Gasteiger charge is -2.47. The van der Waals surface area contributed by atoms with E-state index in [0.29, 0.717) is 12.8 Å². The van der Waals surface area contributed by atoms with E-state index in [1.807, 2.05) is 19.0 Å². The summed E-state index contributed by atoms with van der Waals surface area (Å²) in [7, 11) is 3.74. The predicted octanol–water partition coefficient (Wildman–Crippen LogP) is 2.68. The van der Waals surface area contributed by atoms with Crippen molar-refractivity contribution in [2.75, 3.05) is 14.1 Å². The first kappa shape index (κ1) is 13.0. The summed E-state index contributed by atoms with van der Waals surface area (Å²) in [4.78, 5) is 13.5. The van der Waals surface area contributed by atoms with Gasteiger partial charge in [0.05, 0.1) is 11.5 Å². The Morgan fingerprint density at radius 3 is 2.22 bits per heavy atom. The van der Waals surface area contributed by atoms with Crippen LogP contribution in [-0.2, 0) is 4.79 Å². The number of aliphatic carboxylic acids is 1. The molecule has 2 rings (SSSR count). The molecular formula is C14H18FNO2. The van der Waals surface area contributed by atoms with Crippen molar-refractivity contribution in [3.63, 3.8) is 0 Å². The summed E-state index contributed by atoms with van der Waals surface area (Å²) in [6.07, 6.45) is 2.31. The van der Waals surface area contributed by atoms with Crippen molar-refractivity contribution < 1.29 is 14.3 Å². The largest absolute Gasteiger partial charge is 0.481 e. The Hall–Kier alpha value is -1.42. The van der Waals surface area contributed by atoms with Gasteiger partial charge in [0.1, 0.15) is 5.82 Å². The average Bonchev–Trinajstić information content (AvgIpc) is 2.23. The molecule has 98 valence electrons. The summed E-state index contributed by atoms with van der Waals surface area (Å²) in [5, 5.41) is 9.52. The number of carboxylic acid groups (broad SMARTS) is 1. The summed E-state index contributed by atoms with van der Waals surface area (Å²) in [5.41, 5.74) is 0.143. The van der Waals surface area contributed by atoms with Gasteiger partial charge in [-0.3, -0.25) is 4.79 Å². The maximum absolute atomic E-state index is 13.0. The van der Waals surface area contributed by atoms with Crippen LogP contribution in [0.15, 0.2) is 24.3 Å². The minimum Gasteiger partial charge on any atom is -0.481 e. The molecule has 0 aliphatic heterocycles. The molecule has 1 aliphatic carbocycles. The molecule has 1 saturated carbocycles. The molecule has 1 unspecified atom stereocenters. The Labute approximate surface area is 106 Å². The molecule has 1 N–H and O–H groups in total. The summed E-state index contributed by atoms with van der Waals surface area (Å²) in [5.74, 6) is -1.05. The van der Waals surface area contributed by atoms with Gasteiger partial charge in [0.25, 0.3) is 0 Å². The van der Waals surface area contributed by atoms with Crippen LogP contribution in [0.25, 0.3) is 0 Å². The Bertz CT molecular complexity index is 438. The lowest BCUT2D eigenvalue weighted by molar-refractivity contribution is -0.161. The fourth-order valence-corrected chi connectivity index (χ4v) is 2.92. The standard InChI is InChI=1S/C14H18FNO2/c1-16(2)12(10-4-6-11(15)7-5-10)14(13(17)18)8-3-9-14/h4-7,12H,3,8-9H2,1-2H3,(H,17,18). The van der Waals surface area contributed by atoms with Gasteiger partial charge in [-0.2, -0.15) is 0 Å². The van der Waals surface area contributed by atoms with E-state index in [-0.39, 0.29) is 11.9 Å². The predicted molar refractivity (Wildman–Crippen MR) is 66.7 cm³/mol. The van der Waals surface area contributed by atoms with Crippen LogP contribution in [0.2, 0.25) is 0 Å². The molecule has 1 aliphatic rings. The quantitative estimate of drug-likeness (QED) is 0.894. The van der Waals surface area contributed by atoms with E-state index in [4.69, 9.17) is 0 Å². The van der Waals surface area contributed by atoms with Crippen LogP contribution in [0.3, 0.4) is 0 Å². The number of benzene rings is 1. The van der Waals surface area contributed by atoms with Crippen LogP contribution in [0.4, 0.5) is 4.39 Å². The van der Waals surface area contributed by atoms with Gasteiger partial charge in [-0.15, -0.1) is 0 Å². The number of hydrogen-bond acceptors (Lipinski definition) is 2. The first-order valence-electron chi connectivity index (χ1n) is 6.13. The highest BCUT2D eigenvalue weighted by Crippen LogP contribution is 2.52. The van der Waals surface area contributed by atoms with E-state index in [1.165, 1.54) is 12.1 Å². The molecule has 0 aromatic heterocycles. The summed E-state index contributed by atoms with van der Waals surface area (Å²) in [6, 6.07) is 5.94. The molecular weight excluding hydrogens is 233 g/mol. The van der Waals surface area contributed by atoms with Gasteiger partial charge in [0.15, 0.2) is 0 Å². The molecule has 0 spiro atoms. The lowest BCUT2D eigenvalue weighted by atomic mass is 9.62. The molecule has 1 fully saturated rings. The van der Waals surface area contributed by atoms with Gasteiger partial charge < -0.3 is 10.0 Å². The maximum Gasteiger partial charge on any atom is 0.311 e. The van der Waals surface area contributed by atoms with Crippen molar-refractivity contribution in [2.24, 2.45) is 5.41 Å². The third kappa shape index (κ3) is 2.01. The minimum absolute atomic E-state index is 0.204. The molecule has 0 bridgehead atoms. The summed E-state index contributed by atoms with van der Waals surface area (Å²) < 4.78 is 13.0. The normalized spacial score (nSPS) is 19.3. The van der Waals surface area contributed by atoms with Gasteiger partial charge in [0.2, 0.25) is 0 Å². The molecule has 0 heterocycles. The number of halogens is 1. The summed E-state index contributed by atoms with van der Waals surface area (Å²) in [6.45, 7) is 0. The monoisotopic (exact) mass is 251 g/mol. The second-order valence-electron chi connectivity index (χ2n) is 5.23. The van der Waals surface area contributed by atoms with Crippen molar-refractivity contribution in [1.29, 1.82) is 0 Å². The van der Waals surface area contributed by atoms with Gasteiger partial charge in [-0.25, -0.2) is 4.39 Å². The van der Waals surface area contributed by atoms with Gasteiger partial charge >= 0.3 is 5.97 Å². The smallest absolute Gasteiger partial charge is 0.311 e. The number of nitrogens with zero attached hydrogens (tertiary/aromatic N) is 1. The summed E-state index contributed by atoms with van der Waals surface area (Å²) >= 11 is 0. The second-order valence-corrected chi connectivity index (χ2v) is 5.23. The number of carbonyl (C=O) groups is 1. The number of carboxylic acids is 1. The topological polar surface area (TPSA) is 40.5 Å². The minimum atomic E-state index is -0.753. The van der Waals surface area contributed by atoms with Gasteiger partial charge in [0, 0.05) is 0 Å². The Kier molecular flexibility index (Phi) is 3.39. The van der Waals surface area contributed by atoms with E-state index < -0.39 is 11.4 Å². The fourth-order valence-electron chi connectivity index (χ4n) is 2.92. The second kappa shape index (κ2) is 4.69. The van der Waals surface area contributed by atoms with E-state index in [0.717, 1.165) is 12.0 Å². The molecule has 1 aromatic rings. The van der Waals surface area contributed by atoms with Crippen molar-refractivity contribution in [1.82, 2.24) is 4.90 Å². The van der Waals surface area contributed by atoms with Crippen molar-refractivity contribution in [3.8, 4) is 0 Å². The van der Waals surface area contributed by atoms with Gasteiger partial charge in [-0.1, -0.05) is 18.6 Å². The first-order chi connectivity index (χ1) is 8.47. The molecule has 0 amide bonds. The zero-order valence-corrected chi connectivity index (χ0v) is 10.7. The van der Waals surface area contributed by atoms with E-state index >= 15 is 0 Å². The Balaban J connectivity index is 2.39. The van der Waals surface area contributed by atoms with Crippen LogP contribution < -0.4 is 0 Å². The molecule has 0 saturated heterocycles. The molecule has 3 nitrogen and oxygen atoms in total. The van der Waals surface area contributed by atoms with Crippen LogP contribution >= 0.6 is 0 Å². The highest BCUT2D eigenvalue weighted by atomic mass is 19.1. The van der Waals surface area contributed by atoms with E-state index in [9.17, 15) is 14.3 Å². The highest BCUT2D eigenvalue weighted by Gasteiger charge is 2.52. The fraction of sp³-hybridized carbons (Fsp3) is 0.500. The average molecular weight is 251 g/mol. The Morgan fingerprint density at radius 2 is 1.89 bits per heavy atom. The SMILES string of the molecule is CN(C)C(c1ccc(F)cc1)C1(C(=O)O)CCC1. The molecule has 1 aromatic carbocycles. The van der Waals surface area contributed by atoms with E-state index in [2.05, 4.69) is 0 Å². The van der Waals surface area contributed by atoms with Gasteiger partial charge in [-0.05, 0) is 44.6 Å². The highest BCUT2D eigenvalue weighted by molar-refractivity contribution is 5.77.